The topological polar surface area (TPSA) is 78.0 Å². The number of anilines is 1. The fourth-order valence-corrected chi connectivity index (χ4v) is 4.25. The number of rotatable bonds is 3. The van der Waals surface area contributed by atoms with E-state index in [0.29, 0.717) is 22.3 Å². The zero-order chi connectivity index (χ0) is 18.3. The lowest BCUT2D eigenvalue weighted by molar-refractivity contribution is 0.589. The third kappa shape index (κ3) is 3.27. The average molecular weight is 404 g/mol. The highest BCUT2D eigenvalue weighted by atomic mass is 35.5. The quantitative estimate of drug-likeness (QED) is 0.559. The molecule has 27 heavy (non-hydrogen) atoms. The monoisotopic (exact) mass is 403 g/mol. The minimum Gasteiger partial charge on any atom is -0.384 e. The summed E-state index contributed by atoms with van der Waals surface area (Å²) < 4.78 is 41.1. The first-order valence-corrected chi connectivity index (χ1v) is 9.24. The van der Waals surface area contributed by atoms with Crippen molar-refractivity contribution in [2.75, 3.05) is 5.73 Å². The molecule has 0 atom stereocenters. The van der Waals surface area contributed by atoms with Gasteiger partial charge >= 0.3 is 0 Å². The minimum absolute atomic E-state index is 0. The van der Waals surface area contributed by atoms with Gasteiger partial charge in [-0.3, -0.25) is 0 Å². The summed E-state index contributed by atoms with van der Waals surface area (Å²) in [4.78, 5) is 4.18. The van der Waals surface area contributed by atoms with E-state index in [0.717, 1.165) is 3.97 Å². The van der Waals surface area contributed by atoms with E-state index < -0.39 is 15.8 Å². The van der Waals surface area contributed by atoms with E-state index in [1.165, 1.54) is 30.5 Å². The third-order valence-corrected chi connectivity index (χ3v) is 5.82. The minimum atomic E-state index is -3.87. The van der Waals surface area contributed by atoms with Crippen LogP contribution in [-0.4, -0.2) is 17.4 Å². The smallest absolute Gasteiger partial charge is 0.268 e. The highest BCUT2D eigenvalue weighted by Gasteiger charge is 2.22. The van der Waals surface area contributed by atoms with Crippen LogP contribution in [0.1, 0.15) is 0 Å². The predicted molar refractivity (Wildman–Crippen MR) is 106 cm³/mol. The Labute approximate surface area is 161 Å². The number of benzene rings is 2. The Morgan fingerprint density at radius 3 is 2.41 bits per heavy atom. The number of hydrogen-bond acceptors (Lipinski definition) is 4. The van der Waals surface area contributed by atoms with Gasteiger partial charge in [-0.2, -0.15) is 0 Å². The van der Waals surface area contributed by atoms with E-state index in [9.17, 15) is 12.8 Å². The SMILES string of the molecule is Cl.Nc1ccc(-c2cn(S(=O)(=O)c3ccccc3)c3cc(F)ccc23)cn1. The first-order valence-electron chi connectivity index (χ1n) is 7.80. The van der Waals surface area contributed by atoms with E-state index in [4.69, 9.17) is 5.73 Å². The summed E-state index contributed by atoms with van der Waals surface area (Å²) in [6.07, 6.45) is 3.05. The molecule has 0 saturated heterocycles. The second kappa shape index (κ2) is 7.02. The third-order valence-electron chi connectivity index (χ3n) is 4.13. The highest BCUT2D eigenvalue weighted by molar-refractivity contribution is 7.90. The lowest BCUT2D eigenvalue weighted by Gasteiger charge is -2.07. The van der Waals surface area contributed by atoms with Gasteiger partial charge in [-0.15, -0.1) is 12.4 Å². The van der Waals surface area contributed by atoms with E-state index in [2.05, 4.69) is 4.98 Å². The van der Waals surface area contributed by atoms with Gasteiger partial charge in [0.2, 0.25) is 0 Å². The Balaban J connectivity index is 0.00000210. The number of hydrogen-bond donors (Lipinski definition) is 1. The molecule has 0 aliphatic rings. The average Bonchev–Trinajstić information content (AvgIpc) is 3.02. The molecule has 138 valence electrons. The molecule has 5 nitrogen and oxygen atoms in total. The molecule has 2 aromatic heterocycles. The van der Waals surface area contributed by atoms with Crippen LogP contribution in [0.15, 0.2) is 78.0 Å². The maximum Gasteiger partial charge on any atom is 0.268 e. The van der Waals surface area contributed by atoms with Crippen LogP contribution < -0.4 is 5.73 Å². The highest BCUT2D eigenvalue weighted by Crippen LogP contribution is 2.33. The standard InChI is InChI=1S/C19H14FN3O2S.ClH/c20-14-7-8-16-17(13-6-9-19(21)22-11-13)12-23(18(16)10-14)26(24,25)15-4-2-1-3-5-15;/h1-12H,(H2,21,22);1H. The predicted octanol–water partition coefficient (Wildman–Crippen LogP) is 4.08. The molecule has 0 amide bonds. The number of fused-ring (bicyclic) bond motifs is 1. The van der Waals surface area contributed by atoms with Crippen LogP contribution in [0.2, 0.25) is 0 Å². The molecular weight excluding hydrogens is 389 g/mol. The van der Waals surface area contributed by atoms with Gasteiger partial charge in [0.15, 0.2) is 0 Å². The van der Waals surface area contributed by atoms with E-state index in [1.807, 2.05) is 0 Å². The van der Waals surface area contributed by atoms with Crippen molar-refractivity contribution in [3.8, 4) is 11.1 Å². The zero-order valence-corrected chi connectivity index (χ0v) is 15.5. The number of nitrogens with two attached hydrogens (primary N) is 1. The Hall–Kier alpha value is -2.90. The second-order valence-electron chi connectivity index (χ2n) is 5.79. The summed E-state index contributed by atoms with van der Waals surface area (Å²) in [6.45, 7) is 0. The van der Waals surface area contributed by atoms with Crippen molar-refractivity contribution in [2.24, 2.45) is 0 Å². The number of halogens is 2. The summed E-state index contributed by atoms with van der Waals surface area (Å²) in [7, 11) is -3.87. The summed E-state index contributed by atoms with van der Waals surface area (Å²) in [5.74, 6) is -0.150. The fourth-order valence-electron chi connectivity index (χ4n) is 2.87. The maximum absolute atomic E-state index is 13.8. The van der Waals surface area contributed by atoms with Crippen molar-refractivity contribution in [2.45, 2.75) is 4.90 Å². The van der Waals surface area contributed by atoms with Crippen LogP contribution in [0.25, 0.3) is 22.0 Å². The maximum atomic E-state index is 13.8. The molecule has 0 unspecified atom stereocenters. The summed E-state index contributed by atoms with van der Waals surface area (Å²) in [6, 6.07) is 15.5. The fraction of sp³-hybridized carbons (Fsp3) is 0. The lowest BCUT2D eigenvalue weighted by Crippen LogP contribution is -2.11. The number of pyridine rings is 1. The van der Waals surface area contributed by atoms with Gasteiger partial charge in [-0.25, -0.2) is 21.8 Å². The number of aromatic nitrogens is 2. The van der Waals surface area contributed by atoms with Crippen LogP contribution in [0.5, 0.6) is 0 Å². The normalized spacial score (nSPS) is 11.3. The Bertz CT molecular complexity index is 1210. The zero-order valence-electron chi connectivity index (χ0n) is 13.9. The van der Waals surface area contributed by atoms with E-state index in [1.54, 1.807) is 42.6 Å². The molecule has 2 heterocycles. The summed E-state index contributed by atoms with van der Waals surface area (Å²) >= 11 is 0. The van der Waals surface area contributed by atoms with Gasteiger partial charge in [0, 0.05) is 28.9 Å². The molecule has 0 aliphatic carbocycles. The van der Waals surface area contributed by atoms with Gasteiger partial charge in [0.1, 0.15) is 11.6 Å². The molecule has 0 aliphatic heterocycles. The van der Waals surface area contributed by atoms with Gasteiger partial charge in [-0.05, 0) is 42.5 Å². The van der Waals surface area contributed by atoms with Crippen molar-refractivity contribution in [1.82, 2.24) is 8.96 Å². The van der Waals surface area contributed by atoms with Crippen molar-refractivity contribution in [3.05, 3.63) is 78.9 Å². The summed E-state index contributed by atoms with van der Waals surface area (Å²) in [5.41, 5.74) is 7.21. The number of nitrogens with zero attached hydrogens (tertiary/aromatic N) is 2. The molecule has 0 bridgehead atoms. The Morgan fingerprint density at radius 2 is 1.74 bits per heavy atom. The Kier molecular flexibility index (Phi) is 4.91. The van der Waals surface area contributed by atoms with Crippen LogP contribution >= 0.6 is 12.4 Å². The molecule has 0 saturated carbocycles. The van der Waals surface area contributed by atoms with Crippen LogP contribution in [0, 0.1) is 5.82 Å². The van der Waals surface area contributed by atoms with Gasteiger partial charge in [-0.1, -0.05) is 18.2 Å². The molecule has 4 rings (SSSR count). The summed E-state index contributed by atoms with van der Waals surface area (Å²) in [5, 5.41) is 0.609. The van der Waals surface area contributed by atoms with Crippen molar-refractivity contribution >= 4 is 39.2 Å². The van der Waals surface area contributed by atoms with Gasteiger partial charge in [0.25, 0.3) is 10.0 Å². The molecule has 4 aromatic rings. The van der Waals surface area contributed by atoms with Crippen LogP contribution in [0.4, 0.5) is 10.2 Å². The van der Waals surface area contributed by atoms with Gasteiger partial charge in [0.05, 0.1) is 10.4 Å². The largest absolute Gasteiger partial charge is 0.384 e. The molecule has 2 N–H and O–H groups in total. The lowest BCUT2D eigenvalue weighted by atomic mass is 10.1. The van der Waals surface area contributed by atoms with Crippen LogP contribution in [-0.2, 0) is 10.0 Å². The molecule has 0 fully saturated rings. The Morgan fingerprint density at radius 1 is 1.00 bits per heavy atom. The van der Waals surface area contributed by atoms with Gasteiger partial charge < -0.3 is 5.73 Å². The molecule has 2 aromatic carbocycles. The van der Waals surface area contributed by atoms with Crippen molar-refractivity contribution in [3.63, 3.8) is 0 Å². The molecular formula is C19H15ClFN3O2S. The van der Waals surface area contributed by atoms with Crippen molar-refractivity contribution < 1.29 is 12.8 Å². The molecule has 8 heteroatoms. The first-order chi connectivity index (χ1) is 12.5. The number of nitrogen functional groups attached to an aromatic ring is 1. The van der Waals surface area contributed by atoms with E-state index in [-0.39, 0.29) is 22.8 Å². The van der Waals surface area contributed by atoms with Crippen molar-refractivity contribution in [1.29, 1.82) is 0 Å². The van der Waals surface area contributed by atoms with E-state index >= 15 is 0 Å². The molecule has 0 spiro atoms. The second-order valence-corrected chi connectivity index (χ2v) is 7.60. The van der Waals surface area contributed by atoms with Crippen LogP contribution in [0.3, 0.4) is 0 Å². The first kappa shape index (κ1) is 18.9. The molecule has 0 radical (unpaired) electrons.